The number of hydrogen-bond donors (Lipinski definition) is 1. The Morgan fingerprint density at radius 2 is 1.26 bits per heavy atom. The van der Waals surface area contributed by atoms with Crippen LogP contribution in [0.2, 0.25) is 0 Å². The highest BCUT2D eigenvalue weighted by Crippen LogP contribution is 2.19. The fourth-order valence-corrected chi connectivity index (χ4v) is 2.23. The highest BCUT2D eigenvalue weighted by molar-refractivity contribution is 14.2. The normalized spacial score (nSPS) is 9.82. The maximum Gasteiger partial charge on any atom is 0.226 e. The average molecular weight is 1020 g/mol. The maximum absolute atomic E-state index is 11.7. The van der Waals surface area contributed by atoms with Crippen LogP contribution >= 0.6 is 111 Å². The molecule has 0 aliphatic carbocycles. The van der Waals surface area contributed by atoms with E-state index >= 15 is 0 Å². The third-order valence-electron chi connectivity index (χ3n) is 3.28. The number of rotatable bonds is 2. The zero-order valence-corrected chi connectivity index (χ0v) is 34.4. The standard InChI is InChI=1S/C11H14BrNO.C5H5BrN2.C5H9ClO.C2H4I2.C2H5I.C2H6/c1-11(2,3)10(14)5-8-4-9(12)7-13-6-8;6-4-1-5(7)3-8-2-4;1-5(2,3)4(6)7;1-2(3)4;1-2-3;1-2/h4,6-7H,5H2,1-3H3;1-3H,7H2;1-3H3;2H,1H3;2H2,1H3;1-2H3. The number of pyridine rings is 2. The summed E-state index contributed by atoms with van der Waals surface area (Å²) in [4.78, 5) is 29.8. The van der Waals surface area contributed by atoms with Gasteiger partial charge >= 0.3 is 0 Å². The van der Waals surface area contributed by atoms with Gasteiger partial charge in [0, 0.05) is 51.0 Å². The van der Waals surface area contributed by atoms with E-state index in [1.165, 1.54) is 4.43 Å². The molecule has 220 valence electrons. The molecule has 2 aromatic heterocycles. The van der Waals surface area contributed by atoms with Crippen molar-refractivity contribution in [2.75, 3.05) is 10.2 Å². The van der Waals surface area contributed by atoms with Crippen molar-refractivity contribution < 1.29 is 9.59 Å². The molecule has 0 unspecified atom stereocenters. The van der Waals surface area contributed by atoms with Crippen LogP contribution in [0.3, 0.4) is 0 Å². The molecule has 0 fully saturated rings. The van der Waals surface area contributed by atoms with Gasteiger partial charge in [-0.3, -0.25) is 19.6 Å². The van der Waals surface area contributed by atoms with E-state index in [1.54, 1.807) is 51.6 Å². The van der Waals surface area contributed by atoms with Crippen molar-refractivity contribution in [2.24, 2.45) is 10.8 Å². The highest BCUT2D eigenvalue weighted by Gasteiger charge is 2.21. The lowest BCUT2D eigenvalue weighted by Crippen LogP contribution is -2.22. The van der Waals surface area contributed by atoms with Gasteiger partial charge in [-0.05, 0) is 72.5 Å². The minimum atomic E-state index is -0.373. The second-order valence-corrected chi connectivity index (χ2v) is 18.9. The summed E-state index contributed by atoms with van der Waals surface area (Å²) in [6.45, 7) is 19.4. The number of nitrogens with zero attached hydrogens (tertiary/aromatic N) is 2. The van der Waals surface area contributed by atoms with E-state index < -0.39 is 0 Å². The van der Waals surface area contributed by atoms with Crippen LogP contribution in [0, 0.1) is 10.8 Å². The fraction of sp³-hybridized carbons (Fsp3) is 0.556. The predicted octanol–water partition coefficient (Wildman–Crippen LogP) is 10.9. The van der Waals surface area contributed by atoms with Crippen LogP contribution in [-0.2, 0) is 16.0 Å². The lowest BCUT2D eigenvalue weighted by molar-refractivity contribution is -0.125. The maximum atomic E-state index is 11.7. The number of carbonyl (C=O) groups excluding carboxylic acids is 2. The van der Waals surface area contributed by atoms with Gasteiger partial charge in [0.2, 0.25) is 5.24 Å². The van der Waals surface area contributed by atoms with Gasteiger partial charge in [0.25, 0.3) is 0 Å². The van der Waals surface area contributed by atoms with Crippen LogP contribution < -0.4 is 5.73 Å². The van der Waals surface area contributed by atoms with Crippen LogP contribution in [0.4, 0.5) is 5.69 Å². The molecule has 0 aliphatic heterocycles. The number of aromatic nitrogens is 2. The molecule has 0 atom stereocenters. The molecular weight excluding hydrogens is 974 g/mol. The van der Waals surface area contributed by atoms with Crippen molar-refractivity contribution in [1.29, 1.82) is 0 Å². The molecule has 0 radical (unpaired) electrons. The van der Waals surface area contributed by atoms with Crippen molar-refractivity contribution in [3.05, 3.63) is 51.4 Å². The largest absolute Gasteiger partial charge is 0.397 e. The van der Waals surface area contributed by atoms with E-state index in [0.717, 1.165) is 16.4 Å². The third kappa shape index (κ3) is 34.9. The Kier molecular flexibility index (Phi) is 32.3. The summed E-state index contributed by atoms with van der Waals surface area (Å²) < 4.78 is 3.82. The van der Waals surface area contributed by atoms with E-state index in [0.29, 0.717) is 12.1 Å². The van der Waals surface area contributed by atoms with Crippen molar-refractivity contribution >= 4 is 128 Å². The molecule has 0 spiro atoms. The van der Waals surface area contributed by atoms with Crippen molar-refractivity contribution in [3.8, 4) is 0 Å². The first-order valence-corrected chi connectivity index (χ1v) is 17.8. The number of nitrogen functional groups attached to an aromatic ring is 1. The summed E-state index contributed by atoms with van der Waals surface area (Å²) in [6.07, 6.45) is 7.19. The first-order valence-electron chi connectivity index (χ1n) is 11.8. The smallest absolute Gasteiger partial charge is 0.226 e. The minimum absolute atomic E-state index is 0.234. The molecule has 2 heterocycles. The SMILES string of the molecule is CC.CC(C)(C)C(=O)Cc1cncc(Br)c1.CC(C)(C)C(=O)Cl.CC(I)I.CCI.Nc1cncc(Br)c1. The number of alkyl halides is 3. The molecule has 0 bridgehead atoms. The van der Waals surface area contributed by atoms with Crippen LogP contribution in [0.5, 0.6) is 0 Å². The van der Waals surface area contributed by atoms with Gasteiger partial charge in [-0.25, -0.2) is 0 Å². The predicted molar refractivity (Wildman–Crippen MR) is 200 cm³/mol. The molecule has 2 aromatic rings. The van der Waals surface area contributed by atoms with E-state index in [-0.39, 0.29) is 21.9 Å². The summed E-state index contributed by atoms with van der Waals surface area (Å²) in [7, 11) is 0. The quantitative estimate of drug-likeness (QED) is 0.184. The van der Waals surface area contributed by atoms with Crippen LogP contribution in [0.15, 0.2) is 45.9 Å². The lowest BCUT2D eigenvalue weighted by Gasteiger charge is -2.16. The minimum Gasteiger partial charge on any atom is -0.397 e. The number of carbonyl (C=O) groups is 2. The number of halogens is 6. The Morgan fingerprint density at radius 3 is 1.50 bits per heavy atom. The Hall–Kier alpha value is 0.880. The number of anilines is 1. The molecule has 2 N–H and O–H groups in total. The second kappa shape index (κ2) is 26.8. The molecule has 38 heavy (non-hydrogen) atoms. The van der Waals surface area contributed by atoms with Gasteiger partial charge in [0.05, 0.1) is 7.62 Å². The lowest BCUT2D eigenvalue weighted by atomic mass is 9.87. The highest BCUT2D eigenvalue weighted by atomic mass is 127. The monoisotopic (exact) mass is 1010 g/mol. The van der Waals surface area contributed by atoms with Crippen LogP contribution in [0.25, 0.3) is 0 Å². The molecular formula is C27H43Br2ClI3N3O2. The summed E-state index contributed by atoms with van der Waals surface area (Å²) in [5, 5.41) is -0.285. The van der Waals surface area contributed by atoms with Crippen molar-refractivity contribution in [1.82, 2.24) is 9.97 Å². The van der Waals surface area contributed by atoms with E-state index in [2.05, 4.69) is 123 Å². The first kappa shape index (κ1) is 45.9. The third-order valence-corrected chi connectivity index (χ3v) is 4.71. The first-order chi connectivity index (χ1) is 17.3. The summed E-state index contributed by atoms with van der Waals surface area (Å²) in [6, 6.07) is 3.73. The molecule has 0 aromatic carbocycles. The Morgan fingerprint density at radius 1 is 0.921 bits per heavy atom. The number of hydrogen-bond acceptors (Lipinski definition) is 5. The Bertz CT molecular complexity index is 872. The van der Waals surface area contributed by atoms with Gasteiger partial charge in [0.1, 0.15) is 5.78 Å². The fourth-order valence-electron chi connectivity index (χ4n) is 1.43. The number of ketones is 1. The Labute approximate surface area is 294 Å². The number of nitrogens with two attached hydrogens (primary N) is 1. The van der Waals surface area contributed by atoms with Gasteiger partial charge in [-0.2, -0.15) is 0 Å². The zero-order chi connectivity index (χ0) is 31.1. The molecule has 0 saturated carbocycles. The van der Waals surface area contributed by atoms with E-state index in [1.807, 2.05) is 40.7 Å². The summed E-state index contributed by atoms with van der Waals surface area (Å²) in [5.74, 6) is 0.234. The molecule has 0 aliphatic rings. The second-order valence-electron chi connectivity index (χ2n) is 9.11. The topological polar surface area (TPSA) is 85.9 Å². The van der Waals surface area contributed by atoms with Gasteiger partial charge in [-0.15, -0.1) is 0 Å². The van der Waals surface area contributed by atoms with E-state index in [4.69, 9.17) is 17.3 Å². The van der Waals surface area contributed by atoms with E-state index in [9.17, 15) is 9.59 Å². The Balaban J connectivity index is -0.000000207. The number of Topliss-reactive ketones (excluding diaryl/α,β-unsaturated/α-hetero) is 1. The molecule has 2 rings (SSSR count). The summed E-state index contributed by atoms with van der Waals surface area (Å²) >= 11 is 18.6. The van der Waals surface area contributed by atoms with Gasteiger partial charge in [0.15, 0.2) is 0 Å². The average Bonchev–Trinajstić information content (AvgIpc) is 2.75. The molecule has 0 amide bonds. The van der Waals surface area contributed by atoms with Crippen molar-refractivity contribution in [3.63, 3.8) is 0 Å². The molecule has 0 saturated heterocycles. The zero-order valence-electron chi connectivity index (χ0n) is 24.0. The molecule has 11 heteroatoms. The molecule has 5 nitrogen and oxygen atoms in total. The van der Waals surface area contributed by atoms with Crippen LogP contribution in [-0.4, -0.2) is 27.4 Å². The van der Waals surface area contributed by atoms with Crippen LogP contribution in [0.1, 0.15) is 74.8 Å². The van der Waals surface area contributed by atoms with Gasteiger partial charge < -0.3 is 5.73 Å². The van der Waals surface area contributed by atoms with Crippen molar-refractivity contribution in [2.45, 2.75) is 77.6 Å². The summed E-state index contributed by atoms with van der Waals surface area (Å²) in [5.41, 5.74) is 6.35. The van der Waals surface area contributed by atoms with Gasteiger partial charge in [-0.1, -0.05) is 130 Å².